The summed E-state index contributed by atoms with van der Waals surface area (Å²) in [7, 11) is 0. The third-order valence-corrected chi connectivity index (χ3v) is 3.43. The first-order valence-corrected chi connectivity index (χ1v) is 7.86. The molecule has 8 nitrogen and oxygen atoms in total. The molecule has 9 heteroatoms. The molecular weight excluding hydrogens is 364 g/mol. The van der Waals surface area contributed by atoms with Crippen molar-refractivity contribution in [2.24, 2.45) is 0 Å². The van der Waals surface area contributed by atoms with E-state index in [4.69, 9.17) is 21.1 Å². The molecule has 0 heterocycles. The SMILES string of the molecule is C[C@H](Oc1ccc(Cl)cc1)C(=O)OCC(=O)Nc1ccccc1[N+](=O)[O-]. The van der Waals surface area contributed by atoms with Gasteiger partial charge in [-0.2, -0.15) is 0 Å². The lowest BCUT2D eigenvalue weighted by atomic mass is 10.2. The monoisotopic (exact) mass is 378 g/mol. The number of nitrogens with zero attached hydrogens (tertiary/aromatic N) is 1. The maximum atomic E-state index is 11.9. The summed E-state index contributed by atoms with van der Waals surface area (Å²) in [6.07, 6.45) is -0.949. The Morgan fingerprint density at radius 3 is 2.50 bits per heavy atom. The van der Waals surface area contributed by atoms with Gasteiger partial charge in [0.05, 0.1) is 4.92 Å². The predicted molar refractivity (Wildman–Crippen MR) is 94.2 cm³/mol. The summed E-state index contributed by atoms with van der Waals surface area (Å²) in [6.45, 7) is 0.871. The lowest BCUT2D eigenvalue weighted by Crippen LogP contribution is -2.29. The van der Waals surface area contributed by atoms with Crippen LogP contribution < -0.4 is 10.1 Å². The highest BCUT2D eigenvalue weighted by Crippen LogP contribution is 2.23. The molecule has 0 saturated carbocycles. The van der Waals surface area contributed by atoms with Crippen molar-refractivity contribution in [1.29, 1.82) is 0 Å². The summed E-state index contributed by atoms with van der Waals surface area (Å²) in [5, 5.41) is 13.8. The van der Waals surface area contributed by atoms with Crippen LogP contribution in [0.1, 0.15) is 6.92 Å². The molecule has 1 N–H and O–H groups in total. The minimum absolute atomic E-state index is 0.0176. The van der Waals surface area contributed by atoms with Crippen LogP contribution in [0.2, 0.25) is 5.02 Å². The summed E-state index contributed by atoms with van der Waals surface area (Å²) in [5.74, 6) is -1.03. The van der Waals surface area contributed by atoms with Crippen molar-refractivity contribution < 1.29 is 24.0 Å². The highest BCUT2D eigenvalue weighted by Gasteiger charge is 2.19. The van der Waals surface area contributed by atoms with Crippen LogP contribution in [0.15, 0.2) is 48.5 Å². The molecule has 0 bridgehead atoms. The second-order valence-corrected chi connectivity index (χ2v) is 5.58. The summed E-state index contributed by atoms with van der Waals surface area (Å²) in [5.41, 5.74) is -0.240. The second-order valence-electron chi connectivity index (χ2n) is 5.14. The number of nitro benzene ring substituents is 1. The van der Waals surface area contributed by atoms with E-state index < -0.39 is 29.5 Å². The number of carbonyl (C=O) groups excluding carboxylic acids is 2. The lowest BCUT2D eigenvalue weighted by molar-refractivity contribution is -0.383. The second kappa shape index (κ2) is 8.82. The number of hydrogen-bond acceptors (Lipinski definition) is 6. The van der Waals surface area contributed by atoms with Crippen molar-refractivity contribution in [3.63, 3.8) is 0 Å². The Balaban J connectivity index is 1.85. The third-order valence-electron chi connectivity index (χ3n) is 3.18. The Bertz CT molecular complexity index is 809. The van der Waals surface area contributed by atoms with Gasteiger partial charge in [0.15, 0.2) is 12.7 Å². The Kier molecular flexibility index (Phi) is 6.51. The van der Waals surface area contributed by atoms with Gasteiger partial charge in [-0.15, -0.1) is 0 Å². The maximum Gasteiger partial charge on any atom is 0.347 e. The first-order chi connectivity index (χ1) is 12.4. The molecule has 0 aromatic heterocycles. The van der Waals surface area contributed by atoms with Crippen LogP contribution in [0, 0.1) is 10.1 Å². The quantitative estimate of drug-likeness (QED) is 0.450. The molecule has 0 spiro atoms. The predicted octanol–water partition coefficient (Wildman–Crippen LogP) is 3.20. The summed E-state index contributed by atoms with van der Waals surface area (Å²) < 4.78 is 10.2. The van der Waals surface area contributed by atoms with E-state index in [-0.39, 0.29) is 11.4 Å². The zero-order chi connectivity index (χ0) is 19.1. The number of nitrogens with one attached hydrogen (secondary N) is 1. The molecule has 2 aromatic rings. The van der Waals surface area contributed by atoms with Gasteiger partial charge in [-0.1, -0.05) is 23.7 Å². The average molecular weight is 379 g/mol. The molecule has 0 fully saturated rings. The number of carbonyl (C=O) groups is 2. The van der Waals surface area contributed by atoms with Gasteiger partial charge in [0.25, 0.3) is 11.6 Å². The summed E-state index contributed by atoms with van der Waals surface area (Å²) in [6, 6.07) is 12.0. The first-order valence-electron chi connectivity index (χ1n) is 7.49. The molecule has 1 atom stereocenters. The van der Waals surface area contributed by atoms with E-state index in [1.807, 2.05) is 0 Å². The minimum atomic E-state index is -0.949. The van der Waals surface area contributed by atoms with Crippen molar-refractivity contribution in [3.8, 4) is 5.75 Å². The molecule has 2 rings (SSSR count). The molecule has 2 aromatic carbocycles. The van der Waals surface area contributed by atoms with Gasteiger partial charge >= 0.3 is 5.97 Å². The Hall–Kier alpha value is -3.13. The van der Waals surface area contributed by atoms with Crippen molar-refractivity contribution in [2.45, 2.75) is 13.0 Å². The molecule has 0 aliphatic rings. The van der Waals surface area contributed by atoms with Gasteiger partial charge in [0, 0.05) is 11.1 Å². The fraction of sp³-hybridized carbons (Fsp3) is 0.176. The number of para-hydroxylation sites is 2. The van der Waals surface area contributed by atoms with E-state index in [0.29, 0.717) is 10.8 Å². The minimum Gasteiger partial charge on any atom is -0.479 e. The number of nitro groups is 1. The van der Waals surface area contributed by atoms with Crippen LogP contribution in [-0.2, 0) is 14.3 Å². The summed E-state index contributed by atoms with van der Waals surface area (Å²) >= 11 is 5.76. The molecule has 0 aliphatic heterocycles. The molecule has 1 amide bonds. The van der Waals surface area contributed by atoms with E-state index in [2.05, 4.69) is 5.32 Å². The van der Waals surface area contributed by atoms with Crippen LogP contribution >= 0.6 is 11.6 Å². The zero-order valence-corrected chi connectivity index (χ0v) is 14.4. The van der Waals surface area contributed by atoms with Gasteiger partial charge in [0.1, 0.15) is 11.4 Å². The van der Waals surface area contributed by atoms with E-state index in [1.165, 1.54) is 31.2 Å². The standard InChI is InChI=1S/C17H15ClN2O6/c1-11(26-13-8-6-12(18)7-9-13)17(22)25-10-16(21)19-14-4-2-3-5-15(14)20(23)24/h2-9,11H,10H2,1H3,(H,19,21)/t11-/m0/s1. The number of benzene rings is 2. The fourth-order valence-corrected chi connectivity index (χ4v) is 2.07. The van der Waals surface area contributed by atoms with Gasteiger partial charge in [0.2, 0.25) is 0 Å². The lowest BCUT2D eigenvalue weighted by Gasteiger charge is -2.14. The van der Waals surface area contributed by atoms with E-state index >= 15 is 0 Å². The Morgan fingerprint density at radius 2 is 1.85 bits per heavy atom. The maximum absolute atomic E-state index is 11.9. The fourth-order valence-electron chi connectivity index (χ4n) is 1.94. The molecule has 0 radical (unpaired) electrons. The highest BCUT2D eigenvalue weighted by atomic mass is 35.5. The topological polar surface area (TPSA) is 108 Å². The van der Waals surface area contributed by atoms with Crippen molar-refractivity contribution in [2.75, 3.05) is 11.9 Å². The van der Waals surface area contributed by atoms with Crippen molar-refractivity contribution in [1.82, 2.24) is 0 Å². The number of amides is 1. The molecule has 136 valence electrons. The Morgan fingerprint density at radius 1 is 1.19 bits per heavy atom. The molecule has 0 unspecified atom stereocenters. The van der Waals surface area contributed by atoms with Crippen molar-refractivity contribution >= 4 is 34.9 Å². The Labute approximate surface area is 153 Å². The van der Waals surface area contributed by atoms with E-state index in [0.717, 1.165) is 0 Å². The van der Waals surface area contributed by atoms with Crippen LogP contribution in [0.25, 0.3) is 0 Å². The van der Waals surface area contributed by atoms with Crippen LogP contribution in [0.3, 0.4) is 0 Å². The van der Waals surface area contributed by atoms with E-state index in [1.54, 1.807) is 24.3 Å². The number of ether oxygens (including phenoxy) is 2. The highest BCUT2D eigenvalue weighted by molar-refractivity contribution is 6.30. The summed E-state index contributed by atoms with van der Waals surface area (Å²) in [4.78, 5) is 34.0. The van der Waals surface area contributed by atoms with Crippen LogP contribution in [0.5, 0.6) is 5.75 Å². The largest absolute Gasteiger partial charge is 0.479 e. The van der Waals surface area contributed by atoms with Gasteiger partial charge < -0.3 is 14.8 Å². The molecule has 0 aliphatic carbocycles. The normalized spacial score (nSPS) is 11.3. The molecule has 0 saturated heterocycles. The molecule has 26 heavy (non-hydrogen) atoms. The molecular formula is C17H15ClN2O6. The van der Waals surface area contributed by atoms with Crippen molar-refractivity contribution in [3.05, 3.63) is 63.7 Å². The number of hydrogen-bond donors (Lipinski definition) is 1. The van der Waals surface area contributed by atoms with Gasteiger partial charge in [-0.25, -0.2) is 4.79 Å². The van der Waals surface area contributed by atoms with E-state index in [9.17, 15) is 19.7 Å². The zero-order valence-electron chi connectivity index (χ0n) is 13.7. The number of halogens is 1. The van der Waals surface area contributed by atoms with Gasteiger partial charge in [-0.05, 0) is 37.3 Å². The number of rotatable bonds is 7. The van der Waals surface area contributed by atoms with Crippen LogP contribution in [-0.4, -0.2) is 29.5 Å². The smallest absolute Gasteiger partial charge is 0.347 e. The van der Waals surface area contributed by atoms with Crippen LogP contribution in [0.4, 0.5) is 11.4 Å². The van der Waals surface area contributed by atoms with Gasteiger partial charge in [-0.3, -0.25) is 14.9 Å². The third kappa shape index (κ3) is 5.45. The first kappa shape index (κ1) is 19.2. The number of esters is 1. The number of anilines is 1. The average Bonchev–Trinajstić information content (AvgIpc) is 2.61.